The first-order valence-corrected chi connectivity index (χ1v) is 9.92. The van der Waals surface area contributed by atoms with Crippen LogP contribution in [0.5, 0.6) is 0 Å². The minimum absolute atomic E-state index is 0.0742. The Morgan fingerprint density at radius 2 is 1.72 bits per heavy atom. The van der Waals surface area contributed by atoms with Crippen molar-refractivity contribution in [3.05, 3.63) is 82.5 Å². The number of nitrogens with one attached hydrogen (secondary N) is 1. The molecule has 1 N–H and O–H groups in total. The van der Waals surface area contributed by atoms with E-state index < -0.39 is 0 Å². The lowest BCUT2D eigenvalue weighted by Crippen LogP contribution is -2.18. The van der Waals surface area contributed by atoms with Gasteiger partial charge in [-0.15, -0.1) is 0 Å². The van der Waals surface area contributed by atoms with Crippen LogP contribution in [0.15, 0.2) is 60.8 Å². The Morgan fingerprint density at radius 1 is 1.03 bits per heavy atom. The van der Waals surface area contributed by atoms with E-state index in [0.29, 0.717) is 16.4 Å². The highest BCUT2D eigenvalue weighted by molar-refractivity contribution is 6.33. The molecule has 0 fully saturated rings. The van der Waals surface area contributed by atoms with Crippen LogP contribution in [0, 0.1) is 6.92 Å². The highest BCUT2D eigenvalue weighted by Crippen LogP contribution is 2.32. The third kappa shape index (κ3) is 4.60. The van der Waals surface area contributed by atoms with Gasteiger partial charge in [0, 0.05) is 30.2 Å². The Kier molecular flexibility index (Phi) is 5.94. The fraction of sp³-hybridized carbons (Fsp3) is 0.250. The molecule has 0 unspecified atom stereocenters. The molecule has 0 aliphatic carbocycles. The number of halogens is 1. The third-order valence-electron chi connectivity index (χ3n) is 4.98. The van der Waals surface area contributed by atoms with E-state index in [4.69, 9.17) is 11.6 Å². The average Bonchev–Trinajstić information content (AvgIpc) is 2.67. The number of benzene rings is 2. The summed E-state index contributed by atoms with van der Waals surface area (Å²) in [5.41, 5.74) is 4.42. The number of rotatable bonds is 4. The van der Waals surface area contributed by atoms with Crippen molar-refractivity contribution in [1.29, 1.82) is 0 Å². The van der Waals surface area contributed by atoms with Crippen molar-refractivity contribution in [2.45, 2.75) is 33.1 Å². The maximum absolute atomic E-state index is 12.9. The number of carbonyl (C=O) groups is 1. The summed E-state index contributed by atoms with van der Waals surface area (Å²) in [6, 6.07) is 17.2. The van der Waals surface area contributed by atoms with Gasteiger partial charge in [0.15, 0.2) is 5.82 Å². The molecule has 3 aromatic rings. The smallest absolute Gasteiger partial charge is 0.256 e. The molecular formula is C24H26ClN3O. The summed E-state index contributed by atoms with van der Waals surface area (Å²) in [6.45, 7) is 8.43. The van der Waals surface area contributed by atoms with Crippen molar-refractivity contribution in [3.8, 4) is 0 Å². The second-order valence-corrected chi connectivity index (χ2v) is 8.51. The first kappa shape index (κ1) is 20.9. The van der Waals surface area contributed by atoms with E-state index in [2.05, 4.69) is 43.2 Å². The van der Waals surface area contributed by atoms with Gasteiger partial charge in [-0.3, -0.25) is 4.79 Å². The second kappa shape index (κ2) is 8.26. The maximum atomic E-state index is 12.9. The van der Waals surface area contributed by atoms with Crippen molar-refractivity contribution < 1.29 is 4.79 Å². The molecule has 2 aromatic carbocycles. The third-order valence-corrected chi connectivity index (χ3v) is 5.27. The molecule has 0 atom stereocenters. The standard InChI is InChI=1S/C24H26ClN3O/c1-16-19(23(29)27-18-13-11-17(12-14-18)24(2,3)4)8-6-10-21(16)28(5)22-20(25)9-7-15-26-22/h6-15H,1-5H3,(H,27,29). The number of nitrogens with zero attached hydrogens (tertiary/aromatic N) is 2. The molecule has 1 amide bonds. The Labute approximate surface area is 177 Å². The molecule has 3 rings (SSSR count). The fourth-order valence-corrected chi connectivity index (χ4v) is 3.47. The van der Waals surface area contributed by atoms with Gasteiger partial charge >= 0.3 is 0 Å². The van der Waals surface area contributed by atoms with Crippen LogP contribution in [0.25, 0.3) is 0 Å². The zero-order valence-corrected chi connectivity index (χ0v) is 18.2. The van der Waals surface area contributed by atoms with E-state index in [-0.39, 0.29) is 11.3 Å². The number of hydrogen-bond acceptors (Lipinski definition) is 3. The molecule has 1 heterocycles. The van der Waals surface area contributed by atoms with Crippen LogP contribution in [0.4, 0.5) is 17.2 Å². The number of anilines is 3. The van der Waals surface area contributed by atoms with Gasteiger partial charge in [-0.2, -0.15) is 0 Å². The average molecular weight is 408 g/mol. The van der Waals surface area contributed by atoms with Crippen molar-refractivity contribution in [3.63, 3.8) is 0 Å². The lowest BCUT2D eigenvalue weighted by molar-refractivity contribution is 0.102. The molecule has 1 aromatic heterocycles. The monoisotopic (exact) mass is 407 g/mol. The summed E-state index contributed by atoms with van der Waals surface area (Å²) in [7, 11) is 1.89. The Bertz CT molecular complexity index is 1020. The SMILES string of the molecule is Cc1c(C(=O)Nc2ccc(C(C)(C)C)cc2)cccc1N(C)c1ncccc1Cl. The highest BCUT2D eigenvalue weighted by atomic mass is 35.5. The Hall–Kier alpha value is -2.85. The Morgan fingerprint density at radius 3 is 2.34 bits per heavy atom. The predicted molar refractivity (Wildman–Crippen MR) is 122 cm³/mol. The number of aromatic nitrogens is 1. The van der Waals surface area contributed by atoms with Crippen molar-refractivity contribution in [2.24, 2.45) is 0 Å². The quantitative estimate of drug-likeness (QED) is 0.547. The summed E-state index contributed by atoms with van der Waals surface area (Å²) in [6.07, 6.45) is 1.70. The van der Waals surface area contributed by atoms with Gasteiger partial charge in [-0.05, 0) is 59.9 Å². The normalized spacial score (nSPS) is 11.2. The number of hydrogen-bond donors (Lipinski definition) is 1. The summed E-state index contributed by atoms with van der Waals surface area (Å²) in [5.74, 6) is 0.501. The molecule has 4 nitrogen and oxygen atoms in total. The molecule has 0 saturated heterocycles. The lowest BCUT2D eigenvalue weighted by atomic mass is 9.87. The predicted octanol–water partition coefficient (Wildman–Crippen LogP) is 6.36. The van der Waals surface area contributed by atoms with Crippen LogP contribution < -0.4 is 10.2 Å². The summed E-state index contributed by atoms with van der Waals surface area (Å²) in [4.78, 5) is 19.2. The van der Waals surface area contributed by atoms with Crippen LogP contribution in [-0.2, 0) is 5.41 Å². The van der Waals surface area contributed by atoms with Crippen LogP contribution in [0.2, 0.25) is 5.02 Å². The van der Waals surface area contributed by atoms with Gasteiger partial charge in [-0.25, -0.2) is 4.98 Å². The molecule has 0 spiro atoms. The number of carbonyl (C=O) groups excluding carboxylic acids is 1. The molecule has 0 bridgehead atoms. The van der Waals surface area contributed by atoms with E-state index in [1.165, 1.54) is 5.56 Å². The van der Waals surface area contributed by atoms with E-state index in [9.17, 15) is 4.79 Å². The van der Waals surface area contributed by atoms with Crippen LogP contribution >= 0.6 is 11.6 Å². The summed E-state index contributed by atoms with van der Waals surface area (Å²) < 4.78 is 0. The largest absolute Gasteiger partial charge is 0.328 e. The molecule has 0 radical (unpaired) electrons. The summed E-state index contributed by atoms with van der Waals surface area (Å²) >= 11 is 6.29. The summed E-state index contributed by atoms with van der Waals surface area (Å²) in [5, 5.41) is 3.55. The zero-order chi connectivity index (χ0) is 21.2. The topological polar surface area (TPSA) is 45.2 Å². The number of pyridine rings is 1. The highest BCUT2D eigenvalue weighted by Gasteiger charge is 2.17. The minimum atomic E-state index is -0.145. The van der Waals surface area contributed by atoms with Gasteiger partial charge in [-0.1, -0.05) is 50.6 Å². The fourth-order valence-electron chi connectivity index (χ4n) is 3.22. The maximum Gasteiger partial charge on any atom is 0.256 e. The first-order chi connectivity index (χ1) is 13.7. The van der Waals surface area contributed by atoms with Gasteiger partial charge in [0.2, 0.25) is 0 Å². The first-order valence-electron chi connectivity index (χ1n) is 9.54. The van der Waals surface area contributed by atoms with Gasteiger partial charge in [0.1, 0.15) is 0 Å². The van der Waals surface area contributed by atoms with E-state index in [1.807, 2.05) is 49.2 Å². The van der Waals surface area contributed by atoms with E-state index >= 15 is 0 Å². The number of amides is 1. The molecule has 0 aliphatic heterocycles. The van der Waals surface area contributed by atoms with Crippen LogP contribution in [0.3, 0.4) is 0 Å². The van der Waals surface area contributed by atoms with Crippen LogP contribution in [-0.4, -0.2) is 17.9 Å². The lowest BCUT2D eigenvalue weighted by Gasteiger charge is -2.23. The molecule has 150 valence electrons. The molecule has 0 saturated carbocycles. The second-order valence-electron chi connectivity index (χ2n) is 8.10. The molecule has 0 aliphatic rings. The van der Waals surface area contributed by atoms with Gasteiger partial charge in [0.25, 0.3) is 5.91 Å². The molecular weight excluding hydrogens is 382 g/mol. The van der Waals surface area contributed by atoms with Crippen molar-refractivity contribution in [1.82, 2.24) is 4.98 Å². The molecule has 29 heavy (non-hydrogen) atoms. The van der Waals surface area contributed by atoms with E-state index in [1.54, 1.807) is 18.3 Å². The van der Waals surface area contributed by atoms with Crippen molar-refractivity contribution >= 4 is 34.7 Å². The van der Waals surface area contributed by atoms with Gasteiger partial charge in [0.05, 0.1) is 5.02 Å². The Balaban J connectivity index is 1.85. The molecule has 5 heteroatoms. The van der Waals surface area contributed by atoms with Gasteiger partial charge < -0.3 is 10.2 Å². The van der Waals surface area contributed by atoms with Crippen LogP contribution in [0.1, 0.15) is 42.3 Å². The minimum Gasteiger partial charge on any atom is -0.328 e. The van der Waals surface area contributed by atoms with Crippen molar-refractivity contribution in [2.75, 3.05) is 17.3 Å². The zero-order valence-electron chi connectivity index (χ0n) is 17.5. The van der Waals surface area contributed by atoms with E-state index in [0.717, 1.165) is 16.9 Å².